The molecule has 6 nitrogen and oxygen atoms in total. The predicted octanol–water partition coefficient (Wildman–Crippen LogP) is 1.01. The molecule has 1 atom stereocenters. The lowest BCUT2D eigenvalue weighted by Gasteiger charge is -2.39. The van der Waals surface area contributed by atoms with E-state index in [1.54, 1.807) is 0 Å². The summed E-state index contributed by atoms with van der Waals surface area (Å²) in [5, 5.41) is 0. The fourth-order valence-corrected chi connectivity index (χ4v) is 5.50. The van der Waals surface area contributed by atoms with Crippen LogP contribution in [0.1, 0.15) is 26.7 Å². The van der Waals surface area contributed by atoms with Gasteiger partial charge in [-0.05, 0) is 26.3 Å². The first-order valence-electron chi connectivity index (χ1n) is 5.91. The second kappa shape index (κ2) is 7.76. The largest absolute Gasteiger partial charge is 0.411 e. The first-order valence-corrected chi connectivity index (χ1v) is 8.94. The van der Waals surface area contributed by atoms with Crippen LogP contribution < -0.4 is 0 Å². The van der Waals surface area contributed by atoms with E-state index in [0.717, 1.165) is 18.9 Å². The Morgan fingerprint density at radius 2 is 1.88 bits per heavy atom. The minimum atomic E-state index is -2.53. The van der Waals surface area contributed by atoms with Gasteiger partial charge in [0.2, 0.25) is 0 Å². The molecule has 0 aromatic carbocycles. The SMILES string of the molecule is CCOC(OCC)(OP(O)O)[SiH]1CCCCO1. The summed E-state index contributed by atoms with van der Waals surface area (Å²) in [6.07, 6.45) is 2.06. The molecule has 1 heterocycles. The van der Waals surface area contributed by atoms with Crippen molar-refractivity contribution in [1.29, 1.82) is 0 Å². The molecule has 1 aliphatic rings. The van der Waals surface area contributed by atoms with Crippen LogP contribution >= 0.6 is 8.60 Å². The highest BCUT2D eigenvalue weighted by atomic mass is 31.2. The zero-order valence-corrected chi connectivity index (χ0v) is 12.3. The lowest BCUT2D eigenvalue weighted by Crippen LogP contribution is -2.54. The molecule has 8 heteroatoms. The molecule has 0 radical (unpaired) electrons. The molecule has 1 unspecified atom stereocenters. The Balaban J connectivity index is 2.77. The molecule has 1 fully saturated rings. The Labute approximate surface area is 105 Å². The monoisotopic (exact) mass is 284 g/mol. The topological polar surface area (TPSA) is 77.4 Å². The van der Waals surface area contributed by atoms with Crippen LogP contribution in [0, 0.1) is 0 Å². The second-order valence-electron chi connectivity index (χ2n) is 3.67. The fourth-order valence-electron chi connectivity index (χ4n) is 1.87. The van der Waals surface area contributed by atoms with Crippen LogP contribution in [0.2, 0.25) is 6.04 Å². The van der Waals surface area contributed by atoms with Crippen LogP contribution in [0.25, 0.3) is 0 Å². The number of ether oxygens (including phenoxy) is 2. The minimum Gasteiger partial charge on any atom is -0.411 e. The summed E-state index contributed by atoms with van der Waals surface area (Å²) >= 11 is 0. The molecular weight excluding hydrogens is 263 g/mol. The van der Waals surface area contributed by atoms with Crippen molar-refractivity contribution in [3.63, 3.8) is 0 Å². The molecule has 0 amide bonds. The van der Waals surface area contributed by atoms with Gasteiger partial charge in [-0.1, -0.05) is 6.42 Å². The molecule has 0 aromatic heterocycles. The maximum atomic E-state index is 9.08. The summed E-state index contributed by atoms with van der Waals surface area (Å²) in [5.74, 6) is 0. The summed E-state index contributed by atoms with van der Waals surface area (Å²) in [4.78, 5) is 18.2. The number of hydrogen-bond acceptors (Lipinski definition) is 6. The van der Waals surface area contributed by atoms with Gasteiger partial charge in [0.25, 0.3) is 14.6 Å². The van der Waals surface area contributed by atoms with Crippen molar-refractivity contribution in [2.24, 2.45) is 0 Å². The molecule has 102 valence electrons. The summed E-state index contributed by atoms with van der Waals surface area (Å²) in [6, 6.07) is 0.850. The van der Waals surface area contributed by atoms with E-state index >= 15 is 0 Å². The van der Waals surface area contributed by atoms with E-state index in [2.05, 4.69) is 0 Å². The summed E-state index contributed by atoms with van der Waals surface area (Å²) in [5.41, 5.74) is -1.36. The molecule has 2 N–H and O–H groups in total. The van der Waals surface area contributed by atoms with Crippen molar-refractivity contribution in [2.75, 3.05) is 19.8 Å². The van der Waals surface area contributed by atoms with E-state index in [-0.39, 0.29) is 0 Å². The van der Waals surface area contributed by atoms with E-state index in [0.29, 0.717) is 19.8 Å². The van der Waals surface area contributed by atoms with Gasteiger partial charge in [-0.15, -0.1) is 0 Å². The highest BCUT2D eigenvalue weighted by Crippen LogP contribution is 2.38. The third-order valence-electron chi connectivity index (χ3n) is 2.47. The van der Waals surface area contributed by atoms with Crippen LogP contribution in [0.3, 0.4) is 0 Å². The average molecular weight is 284 g/mol. The van der Waals surface area contributed by atoms with Crippen LogP contribution in [-0.2, 0) is 18.4 Å². The summed E-state index contributed by atoms with van der Waals surface area (Å²) in [6.45, 7) is 5.03. The molecule has 1 aliphatic heterocycles. The highest BCUT2D eigenvalue weighted by molar-refractivity contribution is 7.39. The quantitative estimate of drug-likeness (QED) is 0.413. The Bertz CT molecular complexity index is 206. The summed E-state index contributed by atoms with van der Waals surface area (Å²) < 4.78 is 21.8. The van der Waals surface area contributed by atoms with Crippen molar-refractivity contribution >= 4 is 17.6 Å². The van der Waals surface area contributed by atoms with E-state index in [9.17, 15) is 0 Å². The Morgan fingerprint density at radius 1 is 1.24 bits per heavy atom. The number of hydrogen-bond donors (Lipinski definition) is 2. The summed E-state index contributed by atoms with van der Waals surface area (Å²) in [7, 11) is -4.47. The average Bonchev–Trinajstić information content (AvgIpc) is 2.30. The van der Waals surface area contributed by atoms with E-state index < -0.39 is 23.2 Å². The van der Waals surface area contributed by atoms with Crippen LogP contribution in [0.15, 0.2) is 0 Å². The lowest BCUT2D eigenvalue weighted by atomic mass is 10.4. The third-order valence-corrected chi connectivity index (χ3v) is 5.90. The van der Waals surface area contributed by atoms with Crippen molar-refractivity contribution in [2.45, 2.75) is 38.3 Å². The minimum absolute atomic E-state index is 0.371. The third kappa shape index (κ3) is 4.53. The normalized spacial score (nSPS) is 22.1. The predicted molar refractivity (Wildman–Crippen MR) is 65.6 cm³/mol. The molecule has 0 aliphatic carbocycles. The van der Waals surface area contributed by atoms with Crippen LogP contribution in [0.5, 0.6) is 0 Å². The van der Waals surface area contributed by atoms with Gasteiger partial charge >= 0.3 is 8.60 Å². The zero-order valence-electron chi connectivity index (χ0n) is 10.3. The van der Waals surface area contributed by atoms with Gasteiger partial charge in [0.15, 0.2) is 0 Å². The molecule has 0 spiro atoms. The Kier molecular flexibility index (Phi) is 7.06. The first kappa shape index (κ1) is 15.5. The standard InChI is InChI=1S/C9H21O6PSi/c1-3-12-9(13-4-2,15-16(10)11)17-8-6-5-7-14-17/h10-11,17H,3-8H2,1-2H3. The molecule has 0 aromatic rings. The van der Waals surface area contributed by atoms with Gasteiger partial charge in [-0.2, -0.15) is 0 Å². The molecule has 0 bridgehead atoms. The fraction of sp³-hybridized carbons (Fsp3) is 1.00. The van der Waals surface area contributed by atoms with Crippen LogP contribution in [0.4, 0.5) is 0 Å². The van der Waals surface area contributed by atoms with Crippen molar-refractivity contribution in [1.82, 2.24) is 0 Å². The van der Waals surface area contributed by atoms with E-state index in [1.807, 2.05) is 13.8 Å². The molecule has 0 saturated carbocycles. The van der Waals surface area contributed by atoms with Gasteiger partial charge in [0.05, 0.1) is 0 Å². The van der Waals surface area contributed by atoms with Crippen molar-refractivity contribution in [3.8, 4) is 0 Å². The smallest absolute Gasteiger partial charge is 0.331 e. The van der Waals surface area contributed by atoms with Gasteiger partial charge < -0.3 is 23.7 Å². The zero-order chi connectivity index (χ0) is 12.7. The molecule has 1 saturated heterocycles. The Morgan fingerprint density at radius 3 is 2.29 bits per heavy atom. The van der Waals surface area contributed by atoms with Crippen LogP contribution in [-0.4, -0.2) is 44.2 Å². The van der Waals surface area contributed by atoms with Crippen molar-refractivity contribution < 1.29 is 28.2 Å². The second-order valence-corrected chi connectivity index (χ2v) is 6.95. The molecule has 17 heavy (non-hydrogen) atoms. The van der Waals surface area contributed by atoms with Gasteiger partial charge in [0.1, 0.15) is 0 Å². The van der Waals surface area contributed by atoms with Crippen molar-refractivity contribution in [3.05, 3.63) is 0 Å². The number of rotatable bonds is 7. The maximum Gasteiger partial charge on any atom is 0.331 e. The van der Waals surface area contributed by atoms with Gasteiger partial charge in [-0.3, -0.25) is 4.52 Å². The Hall–Kier alpha value is 0.407. The maximum absolute atomic E-state index is 9.08. The van der Waals surface area contributed by atoms with Gasteiger partial charge in [0, 0.05) is 19.8 Å². The first-order chi connectivity index (χ1) is 8.14. The molecular formula is C9H21O6PSi. The van der Waals surface area contributed by atoms with E-state index in [1.165, 1.54) is 0 Å². The molecule has 1 rings (SSSR count). The lowest BCUT2D eigenvalue weighted by molar-refractivity contribution is -0.296. The highest BCUT2D eigenvalue weighted by Gasteiger charge is 2.48. The van der Waals surface area contributed by atoms with Gasteiger partial charge in [-0.25, -0.2) is 0 Å². The van der Waals surface area contributed by atoms with E-state index in [4.69, 9.17) is 28.2 Å².